The van der Waals surface area contributed by atoms with Crippen LogP contribution in [0.3, 0.4) is 0 Å². The molecule has 0 N–H and O–H groups in total. The number of piperazine rings is 1. The highest BCUT2D eigenvalue weighted by Crippen LogP contribution is 2.21. The SMILES string of the molecule is COc1ccc(N2CCN(CCCCN3CCc4ccccc4C3=O)CC2)cc1. The number of ether oxygens (including phenoxy) is 1. The molecule has 0 atom stereocenters. The van der Waals surface area contributed by atoms with E-state index >= 15 is 0 Å². The number of carbonyl (C=O) groups is 1. The number of hydrogen-bond acceptors (Lipinski definition) is 4. The van der Waals surface area contributed by atoms with Crippen molar-refractivity contribution in [2.45, 2.75) is 19.3 Å². The highest BCUT2D eigenvalue weighted by atomic mass is 16.5. The normalized spacial score (nSPS) is 17.3. The summed E-state index contributed by atoms with van der Waals surface area (Å²) in [6, 6.07) is 16.4. The first kappa shape index (κ1) is 19.8. The molecule has 0 bridgehead atoms. The number of rotatable bonds is 7. The quantitative estimate of drug-likeness (QED) is 0.677. The lowest BCUT2D eigenvalue weighted by Crippen LogP contribution is -2.46. The molecule has 2 aliphatic heterocycles. The zero-order valence-corrected chi connectivity index (χ0v) is 17.3. The van der Waals surface area contributed by atoms with Crippen molar-refractivity contribution in [3.63, 3.8) is 0 Å². The topological polar surface area (TPSA) is 36.0 Å². The van der Waals surface area contributed by atoms with E-state index in [1.165, 1.54) is 11.3 Å². The first-order chi connectivity index (χ1) is 14.2. The van der Waals surface area contributed by atoms with E-state index in [4.69, 9.17) is 4.74 Å². The van der Waals surface area contributed by atoms with Gasteiger partial charge in [-0.15, -0.1) is 0 Å². The van der Waals surface area contributed by atoms with Gasteiger partial charge in [0, 0.05) is 50.5 Å². The van der Waals surface area contributed by atoms with E-state index < -0.39 is 0 Å². The van der Waals surface area contributed by atoms with Crippen molar-refractivity contribution < 1.29 is 9.53 Å². The van der Waals surface area contributed by atoms with Crippen molar-refractivity contribution in [1.82, 2.24) is 9.80 Å². The van der Waals surface area contributed by atoms with Crippen molar-refractivity contribution in [3.8, 4) is 5.75 Å². The Labute approximate surface area is 173 Å². The molecular formula is C24H31N3O2. The number of anilines is 1. The van der Waals surface area contributed by atoms with Gasteiger partial charge in [-0.3, -0.25) is 9.69 Å². The van der Waals surface area contributed by atoms with E-state index in [9.17, 15) is 4.79 Å². The Hall–Kier alpha value is -2.53. The summed E-state index contributed by atoms with van der Waals surface area (Å²) in [5.74, 6) is 1.11. The van der Waals surface area contributed by atoms with Crippen molar-refractivity contribution in [3.05, 3.63) is 59.7 Å². The molecule has 0 spiro atoms. The standard InChI is InChI=1S/C24H31N3O2/c1-29-22-10-8-21(9-11-22)26-18-16-25(17-19-26)13-4-5-14-27-15-12-20-6-2-3-7-23(20)24(27)28/h2-3,6-11H,4-5,12-19H2,1H3. The third-order valence-electron chi connectivity index (χ3n) is 6.15. The van der Waals surface area contributed by atoms with Gasteiger partial charge in [0.05, 0.1) is 7.11 Å². The average molecular weight is 394 g/mol. The summed E-state index contributed by atoms with van der Waals surface area (Å²) in [5, 5.41) is 0. The monoisotopic (exact) mass is 393 g/mol. The molecule has 1 saturated heterocycles. The minimum atomic E-state index is 0.208. The predicted molar refractivity (Wildman–Crippen MR) is 117 cm³/mol. The fraction of sp³-hybridized carbons (Fsp3) is 0.458. The summed E-state index contributed by atoms with van der Waals surface area (Å²) in [7, 11) is 1.70. The van der Waals surface area contributed by atoms with E-state index in [2.05, 4.69) is 28.0 Å². The molecule has 0 aromatic heterocycles. The van der Waals surface area contributed by atoms with Crippen LogP contribution in [0.2, 0.25) is 0 Å². The molecule has 2 aromatic rings. The third kappa shape index (κ3) is 4.73. The van der Waals surface area contributed by atoms with E-state index in [0.717, 1.165) is 76.4 Å². The Morgan fingerprint density at radius 2 is 1.59 bits per heavy atom. The molecule has 5 nitrogen and oxygen atoms in total. The van der Waals surface area contributed by atoms with Crippen LogP contribution in [0.15, 0.2) is 48.5 Å². The van der Waals surface area contributed by atoms with E-state index in [0.29, 0.717) is 0 Å². The Bertz CT molecular complexity index is 813. The van der Waals surface area contributed by atoms with Crippen LogP contribution in [-0.2, 0) is 6.42 Å². The van der Waals surface area contributed by atoms with Crippen molar-refractivity contribution >= 4 is 11.6 Å². The molecule has 2 aliphatic rings. The Kier molecular flexibility index (Phi) is 6.35. The van der Waals surface area contributed by atoms with Gasteiger partial charge in [-0.25, -0.2) is 0 Å². The average Bonchev–Trinajstić information content (AvgIpc) is 2.79. The van der Waals surface area contributed by atoms with Crippen LogP contribution in [-0.4, -0.2) is 68.6 Å². The van der Waals surface area contributed by atoms with Crippen molar-refractivity contribution in [1.29, 1.82) is 0 Å². The summed E-state index contributed by atoms with van der Waals surface area (Å²) < 4.78 is 5.25. The number of benzene rings is 2. The number of carbonyl (C=O) groups excluding carboxylic acids is 1. The lowest BCUT2D eigenvalue weighted by Gasteiger charge is -2.36. The molecule has 1 amide bonds. The number of hydrogen-bond donors (Lipinski definition) is 0. The summed E-state index contributed by atoms with van der Waals surface area (Å²) in [5.41, 5.74) is 3.37. The van der Waals surface area contributed by atoms with Gasteiger partial charge in [-0.2, -0.15) is 0 Å². The largest absolute Gasteiger partial charge is 0.497 e. The second kappa shape index (κ2) is 9.31. The molecule has 4 rings (SSSR count). The van der Waals surface area contributed by atoms with Crippen molar-refractivity contribution in [2.75, 3.05) is 57.8 Å². The molecule has 2 aromatic carbocycles. The van der Waals surface area contributed by atoms with Gasteiger partial charge in [-0.05, 0) is 61.7 Å². The highest BCUT2D eigenvalue weighted by molar-refractivity contribution is 5.96. The number of unbranched alkanes of at least 4 members (excludes halogenated alkanes) is 1. The fourth-order valence-electron chi connectivity index (χ4n) is 4.35. The molecule has 154 valence electrons. The van der Waals surface area contributed by atoms with Crippen LogP contribution in [0.4, 0.5) is 5.69 Å². The van der Waals surface area contributed by atoms with Gasteiger partial charge in [0.15, 0.2) is 0 Å². The maximum absolute atomic E-state index is 12.6. The zero-order chi connectivity index (χ0) is 20.1. The zero-order valence-electron chi connectivity index (χ0n) is 17.3. The van der Waals surface area contributed by atoms with Crippen molar-refractivity contribution in [2.24, 2.45) is 0 Å². The van der Waals surface area contributed by atoms with Crippen LogP contribution in [0.1, 0.15) is 28.8 Å². The minimum absolute atomic E-state index is 0.208. The van der Waals surface area contributed by atoms with Crippen LogP contribution in [0, 0.1) is 0 Å². The summed E-state index contributed by atoms with van der Waals surface area (Å²) in [6.07, 6.45) is 3.20. The number of methoxy groups -OCH3 is 1. The van der Waals surface area contributed by atoms with Crippen LogP contribution < -0.4 is 9.64 Å². The summed E-state index contributed by atoms with van der Waals surface area (Å²) in [6.45, 7) is 7.18. The molecular weight excluding hydrogens is 362 g/mol. The highest BCUT2D eigenvalue weighted by Gasteiger charge is 2.23. The van der Waals surface area contributed by atoms with Gasteiger partial charge in [-0.1, -0.05) is 18.2 Å². The van der Waals surface area contributed by atoms with Gasteiger partial charge >= 0.3 is 0 Å². The minimum Gasteiger partial charge on any atom is -0.497 e. The molecule has 0 aliphatic carbocycles. The van der Waals surface area contributed by atoms with Gasteiger partial charge in [0.2, 0.25) is 0 Å². The lowest BCUT2D eigenvalue weighted by molar-refractivity contribution is 0.0735. The second-order valence-electron chi connectivity index (χ2n) is 7.93. The predicted octanol–water partition coefficient (Wildman–Crippen LogP) is 3.30. The second-order valence-corrected chi connectivity index (χ2v) is 7.93. The van der Waals surface area contributed by atoms with Gasteiger partial charge < -0.3 is 14.5 Å². The van der Waals surface area contributed by atoms with E-state index in [-0.39, 0.29) is 5.91 Å². The van der Waals surface area contributed by atoms with Gasteiger partial charge in [0.1, 0.15) is 5.75 Å². The van der Waals surface area contributed by atoms with E-state index in [1.807, 2.05) is 35.2 Å². The number of fused-ring (bicyclic) bond motifs is 1. The smallest absolute Gasteiger partial charge is 0.254 e. The number of nitrogens with zero attached hydrogens (tertiary/aromatic N) is 3. The summed E-state index contributed by atoms with van der Waals surface area (Å²) >= 11 is 0. The molecule has 2 heterocycles. The Morgan fingerprint density at radius 3 is 2.34 bits per heavy atom. The third-order valence-corrected chi connectivity index (χ3v) is 6.15. The van der Waals surface area contributed by atoms with Gasteiger partial charge in [0.25, 0.3) is 5.91 Å². The van der Waals surface area contributed by atoms with Crippen LogP contribution in [0.5, 0.6) is 5.75 Å². The maximum atomic E-state index is 12.6. The molecule has 0 radical (unpaired) electrons. The first-order valence-corrected chi connectivity index (χ1v) is 10.7. The summed E-state index contributed by atoms with van der Waals surface area (Å²) in [4.78, 5) is 19.7. The molecule has 29 heavy (non-hydrogen) atoms. The number of amides is 1. The molecule has 0 unspecified atom stereocenters. The molecule has 1 fully saturated rings. The lowest BCUT2D eigenvalue weighted by atomic mass is 9.99. The fourth-order valence-corrected chi connectivity index (χ4v) is 4.35. The Balaban J connectivity index is 1.16. The van der Waals surface area contributed by atoms with Crippen LogP contribution in [0.25, 0.3) is 0 Å². The Morgan fingerprint density at radius 1 is 0.862 bits per heavy atom. The molecule has 5 heteroatoms. The van der Waals surface area contributed by atoms with Crippen LogP contribution >= 0.6 is 0 Å². The maximum Gasteiger partial charge on any atom is 0.254 e. The van der Waals surface area contributed by atoms with E-state index in [1.54, 1.807) is 7.11 Å². The molecule has 0 saturated carbocycles. The first-order valence-electron chi connectivity index (χ1n) is 10.7.